The molecule has 0 saturated heterocycles. The van der Waals surface area contributed by atoms with Gasteiger partial charge < -0.3 is 14.5 Å². The SMILES string of the molecule is COc1cc2occ(C)c2cc1/C(C)=C/C(=O)Nc1ccc2ncccc2c1. The van der Waals surface area contributed by atoms with Crippen LogP contribution in [0.15, 0.2) is 65.4 Å². The summed E-state index contributed by atoms with van der Waals surface area (Å²) in [6.45, 7) is 3.88. The van der Waals surface area contributed by atoms with Crippen LogP contribution in [0.4, 0.5) is 5.69 Å². The second-order valence-corrected chi connectivity index (χ2v) is 6.69. The summed E-state index contributed by atoms with van der Waals surface area (Å²) in [5.74, 6) is 0.465. The zero-order valence-electron chi connectivity index (χ0n) is 15.9. The molecule has 2 heterocycles. The zero-order valence-corrected chi connectivity index (χ0v) is 15.9. The standard InChI is InChI=1S/C23H20N2O3/c1-14(18-11-19-15(2)13-28-22(19)12-21(18)27-3)9-23(26)25-17-6-7-20-16(10-17)5-4-8-24-20/h4-13H,1-3H3,(H,25,26)/b14-9+. The van der Waals surface area contributed by atoms with E-state index in [-0.39, 0.29) is 5.91 Å². The number of furan rings is 1. The number of rotatable bonds is 4. The lowest BCUT2D eigenvalue weighted by molar-refractivity contribution is -0.111. The quantitative estimate of drug-likeness (QED) is 0.491. The average Bonchev–Trinajstić information content (AvgIpc) is 3.06. The van der Waals surface area contributed by atoms with Gasteiger partial charge in [0.1, 0.15) is 11.3 Å². The maximum Gasteiger partial charge on any atom is 0.248 e. The first kappa shape index (κ1) is 17.8. The largest absolute Gasteiger partial charge is 0.496 e. The van der Waals surface area contributed by atoms with E-state index in [2.05, 4.69) is 10.3 Å². The number of methoxy groups -OCH3 is 1. The van der Waals surface area contributed by atoms with E-state index < -0.39 is 0 Å². The van der Waals surface area contributed by atoms with Crippen LogP contribution < -0.4 is 10.1 Å². The number of carbonyl (C=O) groups is 1. The molecule has 0 atom stereocenters. The number of carbonyl (C=O) groups excluding carboxylic acids is 1. The van der Waals surface area contributed by atoms with Gasteiger partial charge >= 0.3 is 0 Å². The van der Waals surface area contributed by atoms with Crippen LogP contribution in [0.25, 0.3) is 27.4 Å². The number of fused-ring (bicyclic) bond motifs is 2. The lowest BCUT2D eigenvalue weighted by Gasteiger charge is -2.10. The van der Waals surface area contributed by atoms with Crippen LogP contribution in [-0.2, 0) is 4.79 Å². The number of pyridine rings is 1. The van der Waals surface area contributed by atoms with Gasteiger partial charge in [0, 0.05) is 40.4 Å². The second kappa shape index (κ2) is 7.19. The Hall–Kier alpha value is -3.60. The topological polar surface area (TPSA) is 64.4 Å². The summed E-state index contributed by atoms with van der Waals surface area (Å²) in [5, 5.41) is 4.89. The number of amides is 1. The summed E-state index contributed by atoms with van der Waals surface area (Å²) in [4.78, 5) is 16.8. The highest BCUT2D eigenvalue weighted by atomic mass is 16.5. The predicted molar refractivity (Wildman–Crippen MR) is 112 cm³/mol. The van der Waals surface area contributed by atoms with Gasteiger partial charge in [-0.25, -0.2) is 0 Å². The Morgan fingerprint density at radius 2 is 2.07 bits per heavy atom. The molecule has 4 aromatic rings. The summed E-state index contributed by atoms with van der Waals surface area (Å²) in [7, 11) is 1.61. The molecule has 5 heteroatoms. The van der Waals surface area contributed by atoms with E-state index >= 15 is 0 Å². The van der Waals surface area contributed by atoms with Crippen LogP contribution in [0, 0.1) is 6.92 Å². The first-order chi connectivity index (χ1) is 13.5. The van der Waals surface area contributed by atoms with Crippen molar-refractivity contribution >= 4 is 39.0 Å². The Bertz CT molecular complexity index is 1220. The molecule has 0 saturated carbocycles. The third-order valence-electron chi connectivity index (χ3n) is 4.73. The van der Waals surface area contributed by atoms with Crippen molar-refractivity contribution < 1.29 is 13.9 Å². The first-order valence-corrected chi connectivity index (χ1v) is 8.95. The van der Waals surface area contributed by atoms with Crippen molar-refractivity contribution in [2.75, 3.05) is 12.4 Å². The van der Waals surface area contributed by atoms with Crippen molar-refractivity contribution in [1.29, 1.82) is 0 Å². The predicted octanol–water partition coefficient (Wildman–Crippen LogP) is 5.34. The molecule has 2 aromatic carbocycles. The third kappa shape index (κ3) is 3.34. The number of nitrogens with zero attached hydrogens (tertiary/aromatic N) is 1. The number of anilines is 1. The molecule has 140 valence electrons. The highest BCUT2D eigenvalue weighted by Gasteiger charge is 2.12. The maximum absolute atomic E-state index is 12.5. The number of aryl methyl sites for hydroxylation is 1. The van der Waals surface area contributed by atoms with E-state index in [1.54, 1.807) is 25.6 Å². The van der Waals surface area contributed by atoms with E-state index in [0.717, 1.165) is 44.3 Å². The molecule has 0 unspecified atom stereocenters. The van der Waals surface area contributed by atoms with Crippen LogP contribution >= 0.6 is 0 Å². The van der Waals surface area contributed by atoms with Gasteiger partial charge in [0.15, 0.2) is 0 Å². The first-order valence-electron chi connectivity index (χ1n) is 8.95. The molecule has 2 aromatic heterocycles. The summed E-state index contributed by atoms with van der Waals surface area (Å²) >= 11 is 0. The minimum Gasteiger partial charge on any atom is -0.496 e. The molecule has 0 radical (unpaired) electrons. The van der Waals surface area contributed by atoms with Crippen molar-refractivity contribution in [2.24, 2.45) is 0 Å². The van der Waals surface area contributed by atoms with Crippen molar-refractivity contribution in [3.63, 3.8) is 0 Å². The lowest BCUT2D eigenvalue weighted by atomic mass is 10.0. The number of aromatic nitrogens is 1. The normalized spacial score (nSPS) is 11.8. The molecule has 1 N–H and O–H groups in total. The lowest BCUT2D eigenvalue weighted by Crippen LogP contribution is -2.08. The van der Waals surface area contributed by atoms with Crippen LogP contribution in [0.1, 0.15) is 18.1 Å². The Morgan fingerprint density at radius 3 is 2.89 bits per heavy atom. The van der Waals surface area contributed by atoms with Gasteiger partial charge in [-0.2, -0.15) is 0 Å². The third-order valence-corrected chi connectivity index (χ3v) is 4.73. The van der Waals surface area contributed by atoms with Gasteiger partial charge in [0.2, 0.25) is 5.91 Å². The molecule has 4 rings (SSSR count). The molecule has 0 fully saturated rings. The van der Waals surface area contributed by atoms with E-state index in [1.807, 2.05) is 56.3 Å². The second-order valence-electron chi connectivity index (χ2n) is 6.69. The zero-order chi connectivity index (χ0) is 19.7. The van der Waals surface area contributed by atoms with E-state index in [0.29, 0.717) is 5.75 Å². The summed E-state index contributed by atoms with van der Waals surface area (Å²) < 4.78 is 11.0. The Kier molecular flexibility index (Phi) is 4.57. The fraction of sp³-hybridized carbons (Fsp3) is 0.130. The van der Waals surface area contributed by atoms with Crippen molar-refractivity contribution in [3.8, 4) is 5.75 Å². The fourth-order valence-corrected chi connectivity index (χ4v) is 3.27. The summed E-state index contributed by atoms with van der Waals surface area (Å²) in [5.41, 5.74) is 5.08. The maximum atomic E-state index is 12.5. The van der Waals surface area contributed by atoms with Crippen LogP contribution in [0.5, 0.6) is 5.75 Å². The van der Waals surface area contributed by atoms with Gasteiger partial charge in [-0.3, -0.25) is 9.78 Å². The van der Waals surface area contributed by atoms with E-state index in [4.69, 9.17) is 9.15 Å². The number of ether oxygens (including phenoxy) is 1. The highest BCUT2D eigenvalue weighted by molar-refractivity contribution is 6.05. The van der Waals surface area contributed by atoms with E-state index in [1.165, 1.54) is 0 Å². The van der Waals surface area contributed by atoms with Crippen LogP contribution in [-0.4, -0.2) is 18.0 Å². The molecule has 5 nitrogen and oxygen atoms in total. The summed E-state index contributed by atoms with van der Waals surface area (Å²) in [6, 6.07) is 13.3. The summed E-state index contributed by atoms with van der Waals surface area (Å²) in [6.07, 6.45) is 5.04. The smallest absolute Gasteiger partial charge is 0.248 e. The molecule has 1 amide bonds. The van der Waals surface area contributed by atoms with Gasteiger partial charge in [0.05, 0.1) is 18.9 Å². The minimum atomic E-state index is -0.202. The van der Waals surface area contributed by atoms with Gasteiger partial charge in [-0.15, -0.1) is 0 Å². The van der Waals surface area contributed by atoms with Crippen LogP contribution in [0.2, 0.25) is 0 Å². The Morgan fingerprint density at radius 1 is 1.21 bits per heavy atom. The van der Waals surface area contributed by atoms with Crippen molar-refractivity contribution in [2.45, 2.75) is 13.8 Å². The van der Waals surface area contributed by atoms with Gasteiger partial charge in [-0.05, 0) is 55.3 Å². The molecule has 0 bridgehead atoms. The highest BCUT2D eigenvalue weighted by Crippen LogP contribution is 2.33. The molecule has 0 aliphatic rings. The molecule has 0 aliphatic heterocycles. The Balaban J connectivity index is 1.63. The molecular formula is C23H20N2O3. The fourth-order valence-electron chi connectivity index (χ4n) is 3.27. The Labute approximate surface area is 162 Å². The number of hydrogen-bond donors (Lipinski definition) is 1. The van der Waals surface area contributed by atoms with E-state index in [9.17, 15) is 4.79 Å². The van der Waals surface area contributed by atoms with Crippen molar-refractivity contribution in [1.82, 2.24) is 4.98 Å². The monoisotopic (exact) mass is 372 g/mol. The molecular weight excluding hydrogens is 352 g/mol. The van der Waals surface area contributed by atoms with Crippen LogP contribution in [0.3, 0.4) is 0 Å². The van der Waals surface area contributed by atoms with Crippen molar-refractivity contribution in [3.05, 3.63) is 72.1 Å². The number of allylic oxidation sites excluding steroid dienone is 1. The number of hydrogen-bond acceptors (Lipinski definition) is 4. The van der Waals surface area contributed by atoms with Gasteiger partial charge in [-0.1, -0.05) is 6.07 Å². The van der Waals surface area contributed by atoms with Gasteiger partial charge in [0.25, 0.3) is 0 Å². The minimum absolute atomic E-state index is 0.202. The molecule has 0 spiro atoms. The molecule has 0 aliphatic carbocycles. The average molecular weight is 372 g/mol. The molecule has 28 heavy (non-hydrogen) atoms. The number of benzene rings is 2. The number of nitrogens with one attached hydrogen (secondary N) is 1.